The van der Waals surface area contributed by atoms with Crippen LogP contribution in [0.3, 0.4) is 0 Å². The second-order valence-electron chi connectivity index (χ2n) is 22.0. The number of benzene rings is 4. The number of fused-ring (bicyclic) bond motifs is 3. The van der Waals surface area contributed by atoms with Crippen LogP contribution in [0.1, 0.15) is 102 Å². The average Bonchev–Trinajstić information content (AvgIpc) is 4.23. The topological polar surface area (TPSA) is 142 Å². The van der Waals surface area contributed by atoms with Crippen LogP contribution >= 0.6 is 54.0 Å². The third-order valence-corrected chi connectivity index (χ3v) is 15.1. The summed E-state index contributed by atoms with van der Waals surface area (Å²) in [6, 6.07) is 21.1. The summed E-state index contributed by atoms with van der Waals surface area (Å²) in [6.45, 7) is 12.3. The Hall–Kier alpha value is -5.70. The number of ether oxygens (including phenoxy) is 2. The third kappa shape index (κ3) is 12.1. The number of alkyl halides is 4. The van der Waals surface area contributed by atoms with Crippen molar-refractivity contribution in [2.45, 2.75) is 116 Å². The summed E-state index contributed by atoms with van der Waals surface area (Å²) >= 11 is 0. The fraction of sp³-hybridized carbons (Fsp3) is 0.414. The lowest BCUT2D eigenvalue weighted by atomic mass is 9.78. The van der Waals surface area contributed by atoms with Gasteiger partial charge in [0, 0.05) is 60.9 Å². The van der Waals surface area contributed by atoms with Crippen LogP contribution in [0.5, 0.6) is 0 Å². The number of nitrogens with zero attached hydrogens (tertiary/aromatic N) is 4. The van der Waals surface area contributed by atoms with E-state index in [4.69, 9.17) is 19.5 Å². The Morgan fingerprint density at radius 1 is 0.538 bits per heavy atom. The Labute approximate surface area is 481 Å². The molecule has 2 saturated heterocycles. The standard InChI is InChI=1S/C58H62F4N6O6.4H2S/c1-55(2,3)49(65-53(71)73-7)51(69)67-25-9-11-47(67)45-29-39(31-63-45)35-17-13-33(14-18-35)37-21-23-41-42-24-22-38(28-44(42)58(61,62)57(59,60)43(41)27-37)34-15-19-36(20-16-34)40-30-46(64-32-40)48-12-10-26-68(48)52(70)50(56(4,5)6)66-54(72)74-8;;;;/h13-24,27-28,31-32,47-50H,9-12,25-26,29-30H2,1-8H3,(H,65,71)(H,66,72);4*1H2/t47-,48?,49+,50+;;;;/m0..../s1. The molecule has 4 amide bonds. The number of carbonyl (C=O) groups is 4. The number of hydrogen-bond acceptors (Lipinski definition) is 8. The van der Waals surface area contributed by atoms with Crippen molar-refractivity contribution in [2.75, 3.05) is 27.3 Å². The number of rotatable bonds is 10. The lowest BCUT2D eigenvalue weighted by Crippen LogP contribution is -2.56. The highest BCUT2D eigenvalue weighted by Crippen LogP contribution is 2.59. The van der Waals surface area contributed by atoms with Gasteiger partial charge in [-0.2, -0.15) is 71.5 Å². The minimum atomic E-state index is -4.52. The Kier molecular flexibility index (Phi) is 19.7. The van der Waals surface area contributed by atoms with E-state index in [9.17, 15) is 19.2 Å². The number of nitrogens with one attached hydrogen (secondary N) is 2. The first-order chi connectivity index (χ1) is 35.0. The molecule has 4 aromatic rings. The summed E-state index contributed by atoms with van der Waals surface area (Å²) < 4.78 is 74.7. The molecule has 4 aliphatic heterocycles. The van der Waals surface area contributed by atoms with Crippen LogP contribution in [0, 0.1) is 10.8 Å². The summed E-state index contributed by atoms with van der Waals surface area (Å²) in [4.78, 5) is 65.0. The van der Waals surface area contributed by atoms with E-state index >= 15 is 17.6 Å². The Balaban J connectivity index is 0.00000280. The van der Waals surface area contributed by atoms with E-state index in [1.54, 1.807) is 58.6 Å². The number of aliphatic imine (C=N–C) groups is 2. The number of methoxy groups -OCH3 is 2. The fourth-order valence-corrected chi connectivity index (χ4v) is 10.9. The molecule has 78 heavy (non-hydrogen) atoms. The zero-order valence-corrected chi connectivity index (χ0v) is 49.0. The van der Waals surface area contributed by atoms with E-state index in [0.717, 1.165) is 71.5 Å². The Bertz CT molecular complexity index is 2840. The zero-order valence-electron chi connectivity index (χ0n) is 45.0. The SMILES string of the molecule is COC(=O)N[C@H](C(=O)N1CCCC1C1=NC=C(c2ccc(-c3ccc4c(c3)C(F)(F)C(F)(F)c3cc(-c5ccc(C6=CN=C([C@@H]7CCCN7C(=O)[C@@H](NC(=O)OC)C(C)(C)C)C6)cc5)ccc3-4)cc2)C1)C(C)(C)C.S.S.S.S. The van der Waals surface area contributed by atoms with Crippen LogP contribution in [0.4, 0.5) is 27.2 Å². The molecule has 1 aliphatic carbocycles. The predicted molar refractivity (Wildman–Crippen MR) is 319 cm³/mol. The van der Waals surface area contributed by atoms with Crippen molar-refractivity contribution in [3.05, 3.63) is 120 Å². The lowest BCUT2D eigenvalue weighted by molar-refractivity contribution is -0.225. The molecule has 4 atom stereocenters. The van der Waals surface area contributed by atoms with Crippen molar-refractivity contribution < 1.29 is 46.2 Å². The average molecular weight is 1150 g/mol. The maximum Gasteiger partial charge on any atom is 0.407 e. The van der Waals surface area contributed by atoms with Crippen molar-refractivity contribution >= 4 is 101 Å². The highest BCUT2D eigenvalue weighted by atomic mass is 32.1. The minimum Gasteiger partial charge on any atom is -0.453 e. The molecule has 9 rings (SSSR count). The van der Waals surface area contributed by atoms with Crippen LogP contribution in [0.25, 0.3) is 44.5 Å². The lowest BCUT2D eigenvalue weighted by Gasteiger charge is -2.35. The molecular weight excluding hydrogens is 1080 g/mol. The molecule has 2 fully saturated rings. The van der Waals surface area contributed by atoms with Gasteiger partial charge in [0.05, 0.1) is 26.3 Å². The first-order valence-corrected chi connectivity index (χ1v) is 25.1. The van der Waals surface area contributed by atoms with Crippen molar-refractivity contribution in [1.29, 1.82) is 0 Å². The number of likely N-dealkylation sites (tertiary alicyclic amines) is 2. The number of alkyl carbamates (subject to hydrolysis) is 2. The molecule has 0 radical (unpaired) electrons. The van der Waals surface area contributed by atoms with E-state index in [1.165, 1.54) is 26.4 Å². The second-order valence-corrected chi connectivity index (χ2v) is 22.0. The smallest absolute Gasteiger partial charge is 0.407 e. The van der Waals surface area contributed by atoms with E-state index < -0.39 is 58.1 Å². The van der Waals surface area contributed by atoms with Crippen molar-refractivity contribution in [2.24, 2.45) is 20.8 Å². The molecule has 0 spiro atoms. The molecule has 4 heterocycles. The van der Waals surface area contributed by atoms with Gasteiger partial charge in [-0.3, -0.25) is 19.6 Å². The summed E-state index contributed by atoms with van der Waals surface area (Å²) in [7, 11) is 2.51. The van der Waals surface area contributed by atoms with Crippen molar-refractivity contribution in [3.63, 3.8) is 0 Å². The molecule has 5 aliphatic rings. The molecule has 0 saturated carbocycles. The molecule has 2 N–H and O–H groups in total. The van der Waals surface area contributed by atoms with Gasteiger partial charge in [0.2, 0.25) is 11.8 Å². The van der Waals surface area contributed by atoms with Crippen LogP contribution in [-0.2, 0) is 30.9 Å². The summed E-state index contributed by atoms with van der Waals surface area (Å²) in [5.41, 5.74) is 4.48. The highest BCUT2D eigenvalue weighted by Gasteiger charge is 2.63. The highest BCUT2D eigenvalue weighted by molar-refractivity contribution is 7.59. The molecule has 1 unspecified atom stereocenters. The van der Waals surface area contributed by atoms with E-state index in [-0.39, 0.29) is 89.0 Å². The predicted octanol–water partition coefficient (Wildman–Crippen LogP) is 12.2. The molecule has 0 bridgehead atoms. The van der Waals surface area contributed by atoms with E-state index in [2.05, 4.69) is 10.6 Å². The normalized spacial score (nSPS) is 19.5. The van der Waals surface area contributed by atoms with Crippen molar-refractivity contribution in [3.8, 4) is 33.4 Å². The quantitative estimate of drug-likeness (QED) is 0.151. The van der Waals surface area contributed by atoms with Gasteiger partial charge in [-0.05, 0) is 104 Å². The Morgan fingerprint density at radius 3 is 1.18 bits per heavy atom. The van der Waals surface area contributed by atoms with Gasteiger partial charge in [-0.25, -0.2) is 9.59 Å². The van der Waals surface area contributed by atoms with Gasteiger partial charge in [0.25, 0.3) is 0 Å². The largest absolute Gasteiger partial charge is 0.453 e. The van der Waals surface area contributed by atoms with Crippen molar-refractivity contribution in [1.82, 2.24) is 20.4 Å². The molecule has 4 aromatic carbocycles. The number of allylic oxidation sites excluding steroid dienone is 2. The Morgan fingerprint density at radius 2 is 0.859 bits per heavy atom. The molecule has 12 nitrogen and oxygen atoms in total. The number of halogens is 4. The van der Waals surface area contributed by atoms with E-state index in [1.807, 2.05) is 65.8 Å². The molecule has 20 heteroatoms. The summed E-state index contributed by atoms with van der Waals surface area (Å²) in [6.07, 6.45) is 6.19. The number of amides is 4. The fourth-order valence-electron chi connectivity index (χ4n) is 10.9. The number of hydrogen-bond donors (Lipinski definition) is 2. The first kappa shape index (κ1) is 63.1. The van der Waals surface area contributed by atoms with Crippen LogP contribution in [-0.4, -0.2) is 96.7 Å². The van der Waals surface area contributed by atoms with Gasteiger partial charge in [0.15, 0.2) is 0 Å². The zero-order chi connectivity index (χ0) is 53.1. The summed E-state index contributed by atoms with van der Waals surface area (Å²) in [5, 5.41) is 5.42. The maximum atomic E-state index is 16.3. The second kappa shape index (κ2) is 24.3. The molecular formula is C58H70F4N6O6S4. The van der Waals surface area contributed by atoms with E-state index in [0.29, 0.717) is 48.2 Å². The van der Waals surface area contributed by atoms with Gasteiger partial charge >= 0.3 is 24.0 Å². The van der Waals surface area contributed by atoms with Gasteiger partial charge in [-0.15, -0.1) is 0 Å². The molecule has 420 valence electrons. The maximum absolute atomic E-state index is 16.3. The minimum absolute atomic E-state index is 0. The van der Waals surface area contributed by atoms with Crippen LogP contribution in [0.2, 0.25) is 0 Å². The van der Waals surface area contributed by atoms with Gasteiger partial charge in [0.1, 0.15) is 12.1 Å². The molecule has 0 aromatic heterocycles. The van der Waals surface area contributed by atoms with Gasteiger partial charge < -0.3 is 29.9 Å². The first-order valence-electron chi connectivity index (χ1n) is 25.1. The number of carbonyl (C=O) groups excluding carboxylic acids is 4. The van der Waals surface area contributed by atoms with Crippen LogP contribution < -0.4 is 10.6 Å². The van der Waals surface area contributed by atoms with Crippen LogP contribution in [0.15, 0.2) is 107 Å². The monoisotopic (exact) mass is 1150 g/mol. The summed E-state index contributed by atoms with van der Waals surface area (Å²) in [5.74, 6) is -9.45. The third-order valence-electron chi connectivity index (χ3n) is 15.1. The van der Waals surface area contributed by atoms with Gasteiger partial charge in [-0.1, -0.05) is 114 Å².